The molecule has 4 heteroatoms. The Morgan fingerprint density at radius 2 is 1.73 bits per heavy atom. The summed E-state index contributed by atoms with van der Waals surface area (Å²) in [6.45, 7) is 2.14. The average Bonchev–Trinajstić information content (AvgIpc) is 2.55. The Labute approximate surface area is 132 Å². The quantitative estimate of drug-likeness (QED) is 0.481. The van der Waals surface area contributed by atoms with E-state index in [1.54, 1.807) is 12.1 Å². The molecule has 4 nitrogen and oxygen atoms in total. The molecule has 1 unspecified atom stereocenters. The van der Waals surface area contributed by atoms with E-state index in [-0.39, 0.29) is 18.0 Å². The van der Waals surface area contributed by atoms with Gasteiger partial charge in [0.1, 0.15) is 6.10 Å². The minimum atomic E-state index is -0.292. The van der Waals surface area contributed by atoms with E-state index in [1.807, 2.05) is 18.2 Å². The fraction of sp³-hybridized carbons (Fsp3) is 0.556. The van der Waals surface area contributed by atoms with Crippen molar-refractivity contribution < 1.29 is 19.1 Å². The van der Waals surface area contributed by atoms with Crippen LogP contribution in [0.3, 0.4) is 0 Å². The minimum Gasteiger partial charge on any atom is -0.469 e. The zero-order valence-electron chi connectivity index (χ0n) is 13.5. The fourth-order valence-corrected chi connectivity index (χ4v) is 2.25. The van der Waals surface area contributed by atoms with Gasteiger partial charge in [0, 0.05) is 6.42 Å². The topological polar surface area (TPSA) is 52.6 Å². The van der Waals surface area contributed by atoms with E-state index in [9.17, 15) is 9.59 Å². The Bertz CT molecular complexity index is 442. The number of benzene rings is 1. The standard InChI is InChI=1S/C18H26O4/c1-3-4-6-12-16(13-9-14-17(19)21-2)22-18(20)15-10-7-5-8-11-15/h5,7-8,10-11,16H,3-4,6,9,12-14H2,1-2H3. The largest absolute Gasteiger partial charge is 0.469 e. The molecule has 0 heterocycles. The van der Waals surface area contributed by atoms with Crippen LogP contribution in [0.2, 0.25) is 0 Å². The van der Waals surface area contributed by atoms with Gasteiger partial charge in [-0.05, 0) is 37.8 Å². The molecule has 0 fully saturated rings. The van der Waals surface area contributed by atoms with Gasteiger partial charge in [-0.2, -0.15) is 0 Å². The van der Waals surface area contributed by atoms with Gasteiger partial charge in [-0.15, -0.1) is 0 Å². The number of unbranched alkanes of at least 4 members (excludes halogenated alkanes) is 2. The summed E-state index contributed by atoms with van der Waals surface area (Å²) in [5.41, 5.74) is 0.566. The Morgan fingerprint density at radius 3 is 2.36 bits per heavy atom. The van der Waals surface area contributed by atoms with Gasteiger partial charge in [-0.25, -0.2) is 4.79 Å². The van der Waals surface area contributed by atoms with E-state index in [4.69, 9.17) is 4.74 Å². The normalized spacial score (nSPS) is 11.7. The molecular formula is C18H26O4. The number of ether oxygens (including phenoxy) is 2. The lowest BCUT2D eigenvalue weighted by molar-refractivity contribution is -0.140. The Balaban J connectivity index is 2.49. The molecule has 1 atom stereocenters. The van der Waals surface area contributed by atoms with Crippen molar-refractivity contribution in [1.82, 2.24) is 0 Å². The first-order valence-electron chi connectivity index (χ1n) is 8.00. The highest BCUT2D eigenvalue weighted by Crippen LogP contribution is 2.16. The van der Waals surface area contributed by atoms with E-state index >= 15 is 0 Å². The first-order chi connectivity index (χ1) is 10.7. The molecule has 0 saturated carbocycles. The molecule has 1 aromatic carbocycles. The van der Waals surface area contributed by atoms with Crippen LogP contribution in [0.25, 0.3) is 0 Å². The molecule has 1 rings (SSSR count). The van der Waals surface area contributed by atoms with Crippen LogP contribution in [-0.4, -0.2) is 25.2 Å². The van der Waals surface area contributed by atoms with E-state index in [0.717, 1.165) is 25.7 Å². The molecular weight excluding hydrogens is 280 g/mol. The summed E-state index contributed by atoms with van der Waals surface area (Å²) in [6.07, 6.45) is 5.71. The van der Waals surface area contributed by atoms with E-state index in [0.29, 0.717) is 24.8 Å². The van der Waals surface area contributed by atoms with Crippen molar-refractivity contribution in [3.63, 3.8) is 0 Å². The van der Waals surface area contributed by atoms with Gasteiger partial charge in [-0.3, -0.25) is 4.79 Å². The number of hydrogen-bond acceptors (Lipinski definition) is 4. The number of carbonyl (C=O) groups is 2. The van der Waals surface area contributed by atoms with Crippen LogP contribution in [0.5, 0.6) is 0 Å². The maximum absolute atomic E-state index is 12.1. The lowest BCUT2D eigenvalue weighted by Crippen LogP contribution is -2.19. The predicted octanol–water partition coefficient (Wildman–Crippen LogP) is 4.14. The predicted molar refractivity (Wildman–Crippen MR) is 85.7 cm³/mol. The molecule has 0 aliphatic rings. The van der Waals surface area contributed by atoms with Gasteiger partial charge in [-0.1, -0.05) is 38.0 Å². The lowest BCUT2D eigenvalue weighted by atomic mass is 10.0. The second kappa shape index (κ2) is 10.8. The van der Waals surface area contributed by atoms with Gasteiger partial charge >= 0.3 is 11.9 Å². The van der Waals surface area contributed by atoms with Gasteiger partial charge in [0.15, 0.2) is 0 Å². The van der Waals surface area contributed by atoms with Crippen molar-refractivity contribution in [2.75, 3.05) is 7.11 Å². The first-order valence-corrected chi connectivity index (χ1v) is 8.00. The molecule has 0 N–H and O–H groups in total. The first kappa shape index (κ1) is 18.2. The third kappa shape index (κ3) is 7.25. The zero-order valence-corrected chi connectivity index (χ0v) is 13.5. The monoisotopic (exact) mass is 306 g/mol. The number of esters is 2. The van der Waals surface area contributed by atoms with Crippen molar-refractivity contribution in [2.24, 2.45) is 0 Å². The molecule has 0 radical (unpaired) electrons. The van der Waals surface area contributed by atoms with Gasteiger partial charge in [0.25, 0.3) is 0 Å². The van der Waals surface area contributed by atoms with Gasteiger partial charge < -0.3 is 9.47 Å². The molecule has 0 amide bonds. The van der Waals surface area contributed by atoms with Crippen LogP contribution in [0.1, 0.15) is 62.2 Å². The van der Waals surface area contributed by atoms with Crippen molar-refractivity contribution in [3.8, 4) is 0 Å². The Kier molecular flexibility index (Phi) is 8.96. The summed E-state index contributed by atoms with van der Waals surface area (Å²) in [5, 5.41) is 0. The highest BCUT2D eigenvalue weighted by atomic mass is 16.5. The number of rotatable bonds is 10. The van der Waals surface area contributed by atoms with E-state index in [1.165, 1.54) is 7.11 Å². The summed E-state index contributed by atoms with van der Waals surface area (Å²) >= 11 is 0. The number of methoxy groups -OCH3 is 1. The van der Waals surface area contributed by atoms with E-state index in [2.05, 4.69) is 11.7 Å². The molecule has 0 bridgehead atoms. The van der Waals surface area contributed by atoms with Crippen LogP contribution in [-0.2, 0) is 14.3 Å². The lowest BCUT2D eigenvalue weighted by Gasteiger charge is -2.17. The third-order valence-corrected chi connectivity index (χ3v) is 3.55. The van der Waals surface area contributed by atoms with E-state index < -0.39 is 0 Å². The summed E-state index contributed by atoms with van der Waals surface area (Å²) < 4.78 is 10.2. The Hall–Kier alpha value is -1.84. The molecule has 22 heavy (non-hydrogen) atoms. The highest BCUT2D eigenvalue weighted by Gasteiger charge is 2.16. The second-order valence-corrected chi connectivity index (χ2v) is 5.36. The Morgan fingerprint density at radius 1 is 1.05 bits per heavy atom. The maximum Gasteiger partial charge on any atom is 0.338 e. The van der Waals surface area contributed by atoms with Crippen molar-refractivity contribution >= 4 is 11.9 Å². The number of hydrogen-bond donors (Lipinski definition) is 0. The SMILES string of the molecule is CCCCCC(CCCC(=O)OC)OC(=O)c1ccccc1. The molecule has 0 saturated heterocycles. The highest BCUT2D eigenvalue weighted by molar-refractivity contribution is 5.89. The molecule has 0 spiro atoms. The molecule has 0 aliphatic carbocycles. The second-order valence-electron chi connectivity index (χ2n) is 5.36. The molecule has 0 aliphatic heterocycles. The van der Waals surface area contributed by atoms with Gasteiger partial charge in [0.05, 0.1) is 12.7 Å². The van der Waals surface area contributed by atoms with Crippen LogP contribution in [0.4, 0.5) is 0 Å². The molecule has 0 aromatic heterocycles. The van der Waals surface area contributed by atoms with Gasteiger partial charge in [0.2, 0.25) is 0 Å². The summed E-state index contributed by atoms with van der Waals surface area (Å²) in [5.74, 6) is -0.512. The van der Waals surface area contributed by atoms with Crippen LogP contribution in [0.15, 0.2) is 30.3 Å². The van der Waals surface area contributed by atoms with Crippen molar-refractivity contribution in [3.05, 3.63) is 35.9 Å². The zero-order chi connectivity index (χ0) is 16.2. The van der Waals surface area contributed by atoms with Crippen molar-refractivity contribution in [1.29, 1.82) is 0 Å². The minimum absolute atomic E-state index is 0.135. The number of carbonyl (C=O) groups excluding carboxylic acids is 2. The summed E-state index contributed by atoms with van der Waals surface area (Å²) in [7, 11) is 1.39. The maximum atomic E-state index is 12.1. The summed E-state index contributed by atoms with van der Waals surface area (Å²) in [4.78, 5) is 23.3. The smallest absolute Gasteiger partial charge is 0.338 e. The molecule has 122 valence electrons. The third-order valence-electron chi connectivity index (χ3n) is 3.55. The van der Waals surface area contributed by atoms with Crippen LogP contribution < -0.4 is 0 Å². The van der Waals surface area contributed by atoms with Crippen LogP contribution in [0, 0.1) is 0 Å². The fourth-order valence-electron chi connectivity index (χ4n) is 2.25. The summed E-state index contributed by atoms with van der Waals surface area (Å²) in [6, 6.07) is 9.01. The average molecular weight is 306 g/mol. The molecule has 1 aromatic rings. The van der Waals surface area contributed by atoms with Crippen molar-refractivity contribution in [2.45, 2.75) is 58.0 Å². The van der Waals surface area contributed by atoms with Crippen LogP contribution >= 0.6 is 0 Å².